The van der Waals surface area contributed by atoms with Gasteiger partial charge in [0.2, 0.25) is 0 Å². The Hall–Kier alpha value is -1.27. The summed E-state index contributed by atoms with van der Waals surface area (Å²) in [5.41, 5.74) is 6.70. The number of aromatic nitrogens is 1. The van der Waals surface area contributed by atoms with Crippen LogP contribution in [0.5, 0.6) is 0 Å². The normalized spacial score (nSPS) is 12.1. The lowest BCUT2D eigenvalue weighted by Crippen LogP contribution is -2.26. The van der Waals surface area contributed by atoms with E-state index in [0.717, 1.165) is 5.56 Å². The zero-order valence-corrected chi connectivity index (χ0v) is 10.6. The van der Waals surface area contributed by atoms with Gasteiger partial charge < -0.3 is 11.1 Å². The van der Waals surface area contributed by atoms with Gasteiger partial charge in [-0.05, 0) is 18.1 Å². The molecule has 0 saturated heterocycles. The largest absolute Gasteiger partial charge is 0.351 e. The molecule has 1 aromatic heterocycles. The standard InChI is InChI=1S/C11H17N3O2S/c1-17(16)6-2-5-13-11(15)10-4-3-9(7-12)8-14-10/h3-4,8H,2,5-7,12H2,1H3,(H,13,15). The van der Waals surface area contributed by atoms with E-state index in [4.69, 9.17) is 5.73 Å². The summed E-state index contributed by atoms with van der Waals surface area (Å²) in [6, 6.07) is 3.43. The molecule has 0 aliphatic heterocycles. The highest BCUT2D eigenvalue weighted by Gasteiger charge is 2.05. The number of nitrogens with two attached hydrogens (primary N) is 1. The molecular weight excluding hydrogens is 238 g/mol. The Balaban J connectivity index is 2.38. The Kier molecular flexibility index (Phi) is 5.79. The molecule has 0 bridgehead atoms. The minimum atomic E-state index is -0.810. The van der Waals surface area contributed by atoms with E-state index in [-0.39, 0.29) is 5.91 Å². The van der Waals surface area contributed by atoms with Crippen molar-refractivity contribution in [3.63, 3.8) is 0 Å². The van der Waals surface area contributed by atoms with Gasteiger partial charge in [0.15, 0.2) is 0 Å². The fourth-order valence-corrected chi connectivity index (χ4v) is 1.80. The second-order valence-electron chi connectivity index (χ2n) is 3.64. The van der Waals surface area contributed by atoms with Crippen LogP contribution in [0, 0.1) is 0 Å². The first kappa shape index (κ1) is 13.8. The van der Waals surface area contributed by atoms with Crippen LogP contribution in [0.15, 0.2) is 18.3 Å². The molecule has 5 nitrogen and oxygen atoms in total. The third-order valence-electron chi connectivity index (χ3n) is 2.19. The molecule has 0 fully saturated rings. The van der Waals surface area contributed by atoms with Crippen molar-refractivity contribution in [2.24, 2.45) is 5.73 Å². The molecule has 0 aromatic carbocycles. The fourth-order valence-electron chi connectivity index (χ4n) is 1.25. The Morgan fingerprint density at radius 1 is 1.53 bits per heavy atom. The smallest absolute Gasteiger partial charge is 0.269 e. The van der Waals surface area contributed by atoms with Crippen LogP contribution in [0.1, 0.15) is 22.5 Å². The summed E-state index contributed by atoms with van der Waals surface area (Å²) in [6.45, 7) is 0.927. The van der Waals surface area contributed by atoms with Gasteiger partial charge in [0.25, 0.3) is 5.91 Å². The summed E-state index contributed by atoms with van der Waals surface area (Å²) in [5.74, 6) is 0.385. The monoisotopic (exact) mass is 255 g/mol. The maximum absolute atomic E-state index is 11.6. The van der Waals surface area contributed by atoms with Crippen LogP contribution >= 0.6 is 0 Å². The van der Waals surface area contributed by atoms with Crippen LogP contribution in [0.3, 0.4) is 0 Å². The van der Waals surface area contributed by atoms with Crippen molar-refractivity contribution in [1.82, 2.24) is 10.3 Å². The predicted octanol–water partition coefficient (Wildman–Crippen LogP) is 0.0387. The second kappa shape index (κ2) is 7.13. The topological polar surface area (TPSA) is 85.1 Å². The number of hydrogen-bond donors (Lipinski definition) is 2. The maximum atomic E-state index is 11.6. The minimum Gasteiger partial charge on any atom is -0.351 e. The molecule has 0 aliphatic carbocycles. The van der Waals surface area contributed by atoms with Crippen LogP contribution in [-0.2, 0) is 17.3 Å². The van der Waals surface area contributed by atoms with Gasteiger partial charge in [-0.15, -0.1) is 0 Å². The van der Waals surface area contributed by atoms with Crippen LogP contribution in [0.2, 0.25) is 0 Å². The molecule has 6 heteroatoms. The molecule has 0 saturated carbocycles. The number of amides is 1. The van der Waals surface area contributed by atoms with E-state index < -0.39 is 10.8 Å². The zero-order chi connectivity index (χ0) is 12.7. The molecule has 1 aromatic rings. The Morgan fingerprint density at radius 2 is 2.29 bits per heavy atom. The Bertz CT molecular complexity index is 392. The maximum Gasteiger partial charge on any atom is 0.269 e. The van der Waals surface area contributed by atoms with Gasteiger partial charge in [-0.3, -0.25) is 14.0 Å². The van der Waals surface area contributed by atoms with Crippen molar-refractivity contribution in [3.05, 3.63) is 29.6 Å². The highest BCUT2D eigenvalue weighted by Crippen LogP contribution is 1.99. The number of hydrogen-bond acceptors (Lipinski definition) is 4. The number of nitrogens with zero attached hydrogens (tertiary/aromatic N) is 1. The molecule has 1 unspecified atom stereocenters. The summed E-state index contributed by atoms with van der Waals surface area (Å²) in [4.78, 5) is 15.6. The van der Waals surface area contributed by atoms with Gasteiger partial charge >= 0.3 is 0 Å². The molecular formula is C11H17N3O2S. The van der Waals surface area contributed by atoms with Gasteiger partial charge in [-0.25, -0.2) is 0 Å². The SMILES string of the molecule is CS(=O)CCCNC(=O)c1ccc(CN)cn1. The third kappa shape index (κ3) is 5.06. The van der Waals surface area contributed by atoms with Gasteiger partial charge in [-0.2, -0.15) is 0 Å². The van der Waals surface area contributed by atoms with Crippen molar-refractivity contribution in [2.45, 2.75) is 13.0 Å². The van der Waals surface area contributed by atoms with Crippen LogP contribution in [0.4, 0.5) is 0 Å². The lowest BCUT2D eigenvalue weighted by Gasteiger charge is -2.04. The molecule has 0 aliphatic rings. The van der Waals surface area contributed by atoms with Crippen LogP contribution in [-0.4, -0.2) is 33.7 Å². The van der Waals surface area contributed by atoms with E-state index in [2.05, 4.69) is 10.3 Å². The first-order chi connectivity index (χ1) is 8.13. The molecule has 3 N–H and O–H groups in total. The quantitative estimate of drug-likeness (QED) is 0.703. The van der Waals surface area contributed by atoms with Gasteiger partial charge in [0.05, 0.1) is 0 Å². The van der Waals surface area contributed by atoms with Crippen LogP contribution in [0.25, 0.3) is 0 Å². The van der Waals surface area contributed by atoms with Gasteiger partial charge in [-0.1, -0.05) is 6.07 Å². The van der Waals surface area contributed by atoms with Crippen molar-refractivity contribution >= 4 is 16.7 Å². The van der Waals surface area contributed by atoms with Gasteiger partial charge in [0.1, 0.15) is 5.69 Å². The molecule has 0 radical (unpaired) electrons. The summed E-state index contributed by atoms with van der Waals surface area (Å²) >= 11 is 0. The highest BCUT2D eigenvalue weighted by molar-refractivity contribution is 7.84. The summed E-state index contributed by atoms with van der Waals surface area (Å²) in [6.07, 6.45) is 3.95. The lowest BCUT2D eigenvalue weighted by molar-refractivity contribution is 0.0949. The molecule has 1 heterocycles. The zero-order valence-electron chi connectivity index (χ0n) is 9.81. The number of carbonyl (C=O) groups is 1. The third-order valence-corrected chi connectivity index (χ3v) is 3.05. The molecule has 17 heavy (non-hydrogen) atoms. The highest BCUT2D eigenvalue weighted by atomic mass is 32.2. The number of pyridine rings is 1. The number of rotatable bonds is 6. The van der Waals surface area contributed by atoms with Crippen molar-refractivity contribution < 1.29 is 9.00 Å². The van der Waals surface area contributed by atoms with E-state index in [9.17, 15) is 9.00 Å². The van der Waals surface area contributed by atoms with Crippen LogP contribution < -0.4 is 11.1 Å². The van der Waals surface area contributed by atoms with E-state index >= 15 is 0 Å². The lowest BCUT2D eigenvalue weighted by atomic mass is 10.2. The second-order valence-corrected chi connectivity index (χ2v) is 5.20. The van der Waals surface area contributed by atoms with E-state index in [0.29, 0.717) is 31.0 Å². The van der Waals surface area contributed by atoms with E-state index in [1.807, 2.05) is 0 Å². The first-order valence-corrected chi connectivity index (χ1v) is 7.09. The number of carbonyl (C=O) groups excluding carboxylic acids is 1. The first-order valence-electron chi connectivity index (χ1n) is 5.36. The van der Waals surface area contributed by atoms with E-state index in [1.54, 1.807) is 24.6 Å². The molecule has 0 spiro atoms. The van der Waals surface area contributed by atoms with Crippen molar-refractivity contribution in [1.29, 1.82) is 0 Å². The molecule has 94 valence electrons. The fraction of sp³-hybridized carbons (Fsp3) is 0.455. The molecule has 1 amide bonds. The molecule has 1 rings (SSSR count). The summed E-state index contributed by atoms with van der Waals surface area (Å²) in [5, 5.41) is 2.72. The average Bonchev–Trinajstić information content (AvgIpc) is 2.34. The predicted molar refractivity (Wildman–Crippen MR) is 68.0 cm³/mol. The minimum absolute atomic E-state index is 0.213. The Labute approximate surface area is 103 Å². The van der Waals surface area contributed by atoms with E-state index in [1.165, 1.54) is 0 Å². The number of nitrogens with one attached hydrogen (secondary N) is 1. The molecule has 1 atom stereocenters. The average molecular weight is 255 g/mol. The summed E-state index contributed by atoms with van der Waals surface area (Å²) < 4.78 is 10.8. The summed E-state index contributed by atoms with van der Waals surface area (Å²) in [7, 11) is -0.810. The van der Waals surface area contributed by atoms with Gasteiger partial charge in [0, 0.05) is 42.1 Å². The van der Waals surface area contributed by atoms with Crippen molar-refractivity contribution in [3.8, 4) is 0 Å². The Morgan fingerprint density at radius 3 is 2.82 bits per heavy atom. The van der Waals surface area contributed by atoms with Crippen molar-refractivity contribution in [2.75, 3.05) is 18.6 Å².